The minimum absolute atomic E-state index is 0.649. The number of nitrogens with zero attached hydrogens (tertiary/aromatic N) is 4. The molecule has 9 aromatic rings. The molecule has 3 heterocycles. The van der Waals surface area contributed by atoms with Gasteiger partial charge >= 0.3 is 0 Å². The van der Waals surface area contributed by atoms with E-state index in [1.54, 1.807) is 0 Å². The van der Waals surface area contributed by atoms with E-state index in [-0.39, 0.29) is 0 Å². The summed E-state index contributed by atoms with van der Waals surface area (Å²) in [5.41, 5.74) is 9.85. The van der Waals surface area contributed by atoms with Gasteiger partial charge in [0, 0.05) is 44.4 Å². The van der Waals surface area contributed by atoms with Gasteiger partial charge in [0.25, 0.3) is 0 Å². The lowest BCUT2D eigenvalue weighted by molar-refractivity contribution is 1.18. The minimum Gasteiger partial charge on any atom is -0.309 e. The van der Waals surface area contributed by atoms with Gasteiger partial charge in [0.05, 0.1) is 39.4 Å². The van der Waals surface area contributed by atoms with Crippen LogP contribution in [0.4, 0.5) is 0 Å². The molecule has 0 spiro atoms. The SMILES string of the molecule is N#Cc1ccc2c(c1)c1cc(-c3ccc4c(c3)nc(-c3ccccc3)c3ncc5ccccc5c34)ccc1n2-c1ccccc1. The first-order valence-corrected chi connectivity index (χ1v) is 15.0. The van der Waals surface area contributed by atoms with Crippen LogP contribution < -0.4 is 0 Å². The van der Waals surface area contributed by atoms with Crippen LogP contribution >= 0.6 is 0 Å². The number of pyridine rings is 2. The smallest absolute Gasteiger partial charge is 0.0991 e. The number of nitriles is 1. The van der Waals surface area contributed by atoms with Gasteiger partial charge in [-0.15, -0.1) is 0 Å². The van der Waals surface area contributed by atoms with Crippen molar-refractivity contribution < 1.29 is 0 Å². The quantitative estimate of drug-likeness (QED) is 0.198. The first kappa shape index (κ1) is 25.2. The van der Waals surface area contributed by atoms with Gasteiger partial charge in [-0.2, -0.15) is 5.26 Å². The molecule has 0 saturated carbocycles. The van der Waals surface area contributed by atoms with Crippen molar-refractivity contribution in [2.24, 2.45) is 0 Å². The Bertz CT molecular complexity index is 2650. The molecule has 45 heavy (non-hydrogen) atoms. The normalized spacial score (nSPS) is 11.5. The van der Waals surface area contributed by atoms with Crippen molar-refractivity contribution in [2.45, 2.75) is 0 Å². The Labute approximate surface area is 259 Å². The van der Waals surface area contributed by atoms with E-state index >= 15 is 0 Å². The Kier molecular flexibility index (Phi) is 5.53. The lowest BCUT2D eigenvalue weighted by Crippen LogP contribution is -1.94. The number of aromatic nitrogens is 3. The fourth-order valence-corrected chi connectivity index (χ4v) is 6.73. The van der Waals surface area contributed by atoms with Gasteiger partial charge in [0.15, 0.2) is 0 Å². The Hall–Kier alpha value is -6.31. The van der Waals surface area contributed by atoms with Crippen molar-refractivity contribution >= 4 is 54.4 Å². The molecule has 208 valence electrons. The second kappa shape index (κ2) is 9.87. The maximum absolute atomic E-state index is 9.70. The fraction of sp³-hybridized carbons (Fsp3) is 0. The van der Waals surface area contributed by atoms with E-state index in [0.717, 1.165) is 77.1 Å². The molecule has 3 aromatic heterocycles. The van der Waals surface area contributed by atoms with E-state index in [1.807, 2.05) is 42.6 Å². The summed E-state index contributed by atoms with van der Waals surface area (Å²) < 4.78 is 2.27. The Morgan fingerprint density at radius 3 is 2.07 bits per heavy atom. The van der Waals surface area contributed by atoms with Crippen LogP contribution in [0.25, 0.3) is 82.5 Å². The summed E-state index contributed by atoms with van der Waals surface area (Å²) in [6, 6.07) is 50.6. The lowest BCUT2D eigenvalue weighted by Gasteiger charge is -2.13. The summed E-state index contributed by atoms with van der Waals surface area (Å²) >= 11 is 0. The molecule has 9 rings (SSSR count). The van der Waals surface area contributed by atoms with Gasteiger partial charge < -0.3 is 4.57 Å². The van der Waals surface area contributed by atoms with Gasteiger partial charge in [-0.3, -0.25) is 4.98 Å². The number of benzene rings is 6. The summed E-state index contributed by atoms with van der Waals surface area (Å²) in [6.07, 6.45) is 1.95. The first-order valence-electron chi connectivity index (χ1n) is 15.0. The van der Waals surface area contributed by atoms with Crippen LogP contribution in [0.5, 0.6) is 0 Å². The number of para-hydroxylation sites is 1. The van der Waals surface area contributed by atoms with Gasteiger partial charge in [0.2, 0.25) is 0 Å². The van der Waals surface area contributed by atoms with Crippen molar-refractivity contribution in [2.75, 3.05) is 0 Å². The summed E-state index contributed by atoms with van der Waals surface area (Å²) in [7, 11) is 0. The van der Waals surface area contributed by atoms with Crippen molar-refractivity contribution in [3.05, 3.63) is 151 Å². The number of hydrogen-bond donors (Lipinski definition) is 0. The molecular formula is C41H24N4. The van der Waals surface area contributed by atoms with Crippen molar-refractivity contribution in [1.82, 2.24) is 14.5 Å². The molecule has 0 N–H and O–H groups in total. The molecule has 0 aliphatic heterocycles. The molecule has 0 bridgehead atoms. The highest BCUT2D eigenvalue weighted by Gasteiger charge is 2.17. The number of rotatable bonds is 3. The third-order valence-corrected chi connectivity index (χ3v) is 8.81. The third kappa shape index (κ3) is 3.92. The van der Waals surface area contributed by atoms with Gasteiger partial charge in [0.1, 0.15) is 0 Å². The van der Waals surface area contributed by atoms with E-state index in [1.165, 1.54) is 5.39 Å². The molecule has 0 aliphatic rings. The van der Waals surface area contributed by atoms with E-state index in [4.69, 9.17) is 9.97 Å². The highest BCUT2D eigenvalue weighted by Crippen LogP contribution is 2.39. The zero-order valence-corrected chi connectivity index (χ0v) is 24.1. The van der Waals surface area contributed by atoms with Crippen molar-refractivity contribution in [3.8, 4) is 34.1 Å². The van der Waals surface area contributed by atoms with Crippen LogP contribution in [0.3, 0.4) is 0 Å². The fourth-order valence-electron chi connectivity index (χ4n) is 6.73. The van der Waals surface area contributed by atoms with Crippen molar-refractivity contribution in [1.29, 1.82) is 5.26 Å². The Morgan fingerprint density at radius 1 is 0.556 bits per heavy atom. The molecule has 0 aliphatic carbocycles. The molecule has 0 atom stereocenters. The second-order valence-corrected chi connectivity index (χ2v) is 11.4. The van der Waals surface area contributed by atoms with Gasteiger partial charge in [-0.1, -0.05) is 91.0 Å². The summed E-state index contributed by atoms with van der Waals surface area (Å²) in [4.78, 5) is 10.2. The minimum atomic E-state index is 0.649. The Balaban J connectivity index is 1.31. The largest absolute Gasteiger partial charge is 0.309 e. The highest BCUT2D eigenvalue weighted by atomic mass is 15.0. The molecule has 0 fully saturated rings. The summed E-state index contributed by atoms with van der Waals surface area (Å²) in [5, 5.41) is 16.3. The van der Waals surface area contributed by atoms with Crippen molar-refractivity contribution in [3.63, 3.8) is 0 Å². The average Bonchev–Trinajstić information content (AvgIpc) is 3.44. The zero-order valence-electron chi connectivity index (χ0n) is 24.1. The van der Waals surface area contributed by atoms with E-state index in [9.17, 15) is 5.26 Å². The van der Waals surface area contributed by atoms with Crippen LogP contribution in [-0.4, -0.2) is 14.5 Å². The second-order valence-electron chi connectivity index (χ2n) is 11.4. The molecule has 0 saturated heterocycles. The van der Waals surface area contributed by atoms with E-state index in [0.29, 0.717) is 5.56 Å². The van der Waals surface area contributed by atoms with Crippen LogP contribution in [-0.2, 0) is 0 Å². The first-order chi connectivity index (χ1) is 22.3. The molecule has 0 amide bonds. The van der Waals surface area contributed by atoms with Crippen LogP contribution in [0.15, 0.2) is 146 Å². The van der Waals surface area contributed by atoms with Crippen LogP contribution in [0.1, 0.15) is 5.56 Å². The Morgan fingerprint density at radius 2 is 1.24 bits per heavy atom. The summed E-state index contributed by atoms with van der Waals surface area (Å²) in [5.74, 6) is 0. The zero-order chi connectivity index (χ0) is 29.9. The molecule has 6 aromatic carbocycles. The third-order valence-electron chi connectivity index (χ3n) is 8.81. The molecule has 4 heteroatoms. The topological polar surface area (TPSA) is 54.5 Å². The summed E-state index contributed by atoms with van der Waals surface area (Å²) in [6.45, 7) is 0. The monoisotopic (exact) mass is 572 g/mol. The highest BCUT2D eigenvalue weighted by molar-refractivity contribution is 6.21. The number of hydrogen-bond acceptors (Lipinski definition) is 3. The predicted molar refractivity (Wildman–Crippen MR) is 184 cm³/mol. The maximum atomic E-state index is 9.70. The average molecular weight is 573 g/mol. The molecule has 0 radical (unpaired) electrons. The van der Waals surface area contributed by atoms with Gasteiger partial charge in [-0.25, -0.2) is 4.98 Å². The standard InChI is InChI=1S/C41H24N4/c42-24-26-15-19-37-34(21-26)35-22-28(17-20-38(35)45(37)31-12-5-2-6-13-31)29-16-18-33-36(23-29)44-40(27-9-3-1-4-10-27)41-39(33)32-14-8-7-11-30(32)25-43-41/h1-23,25H. The van der Waals surface area contributed by atoms with E-state index < -0.39 is 0 Å². The van der Waals surface area contributed by atoms with Crippen LogP contribution in [0, 0.1) is 11.3 Å². The molecule has 4 nitrogen and oxygen atoms in total. The molecular weight excluding hydrogens is 548 g/mol. The predicted octanol–water partition coefficient (Wildman–Crippen LogP) is 10.2. The molecule has 0 unspecified atom stereocenters. The lowest BCUT2D eigenvalue weighted by atomic mass is 9.96. The van der Waals surface area contributed by atoms with Crippen LogP contribution in [0.2, 0.25) is 0 Å². The van der Waals surface area contributed by atoms with E-state index in [2.05, 4.69) is 114 Å². The van der Waals surface area contributed by atoms with Gasteiger partial charge in [-0.05, 0) is 65.0 Å². The maximum Gasteiger partial charge on any atom is 0.0991 e. The number of fused-ring (bicyclic) bond motifs is 8.